The highest BCUT2D eigenvalue weighted by atomic mass is 16.4. The number of hydrogen-bond donors (Lipinski definition) is 10. The molecule has 234 valence electrons. The Kier molecular flexibility index (Phi) is 15.9. The maximum atomic E-state index is 13.3. The van der Waals surface area contributed by atoms with Crippen LogP contribution in [0.4, 0.5) is 0 Å². The van der Waals surface area contributed by atoms with Gasteiger partial charge in [-0.1, -0.05) is 18.6 Å². The van der Waals surface area contributed by atoms with Crippen molar-refractivity contribution in [2.75, 3.05) is 13.1 Å². The molecule has 16 heteroatoms. The fourth-order valence-electron chi connectivity index (χ4n) is 3.86. The summed E-state index contributed by atoms with van der Waals surface area (Å²) >= 11 is 0. The number of carbonyl (C=O) groups is 5. The summed E-state index contributed by atoms with van der Waals surface area (Å²) in [6.45, 7) is 0.576. The molecule has 0 fully saturated rings. The quantitative estimate of drug-likeness (QED) is 0.0419. The van der Waals surface area contributed by atoms with E-state index >= 15 is 0 Å². The third-order valence-electron chi connectivity index (χ3n) is 6.19. The second kappa shape index (κ2) is 18.8. The minimum absolute atomic E-state index is 0.00291. The van der Waals surface area contributed by atoms with Crippen LogP contribution < -0.4 is 44.6 Å². The van der Waals surface area contributed by atoms with E-state index in [1.54, 1.807) is 0 Å². The van der Waals surface area contributed by atoms with E-state index in [9.17, 15) is 34.2 Å². The summed E-state index contributed by atoms with van der Waals surface area (Å²) < 4.78 is 0. The first-order valence-corrected chi connectivity index (χ1v) is 13.5. The van der Waals surface area contributed by atoms with E-state index in [0.717, 1.165) is 0 Å². The van der Waals surface area contributed by atoms with Crippen molar-refractivity contribution < 1.29 is 34.2 Å². The molecule has 1 rings (SSSR count). The molecule has 1 aromatic rings. The predicted molar refractivity (Wildman–Crippen MR) is 154 cm³/mol. The van der Waals surface area contributed by atoms with Gasteiger partial charge in [0.1, 0.15) is 23.9 Å². The first kappa shape index (κ1) is 35.6. The lowest BCUT2D eigenvalue weighted by atomic mass is 10.0. The van der Waals surface area contributed by atoms with E-state index in [-0.39, 0.29) is 50.4 Å². The maximum absolute atomic E-state index is 13.3. The molecule has 0 aliphatic rings. The molecule has 4 unspecified atom stereocenters. The van der Waals surface area contributed by atoms with Crippen LogP contribution in [-0.2, 0) is 30.4 Å². The van der Waals surface area contributed by atoms with Gasteiger partial charge in [-0.15, -0.1) is 0 Å². The van der Waals surface area contributed by atoms with Crippen molar-refractivity contribution in [1.82, 2.24) is 16.0 Å². The number of unbranched alkanes of at least 4 members (excludes halogenated alkanes) is 1. The van der Waals surface area contributed by atoms with Crippen LogP contribution in [0.5, 0.6) is 5.75 Å². The molecule has 0 heterocycles. The number of rotatable bonds is 20. The van der Waals surface area contributed by atoms with Gasteiger partial charge >= 0.3 is 5.97 Å². The second-order valence-electron chi connectivity index (χ2n) is 9.74. The molecule has 4 atom stereocenters. The molecule has 0 saturated heterocycles. The van der Waals surface area contributed by atoms with Crippen LogP contribution in [0.1, 0.15) is 50.5 Å². The zero-order valence-corrected chi connectivity index (χ0v) is 23.5. The van der Waals surface area contributed by atoms with E-state index in [1.807, 2.05) is 0 Å². The molecule has 0 bridgehead atoms. The third-order valence-corrected chi connectivity index (χ3v) is 6.19. The number of amides is 4. The Morgan fingerprint density at radius 1 is 0.786 bits per heavy atom. The molecule has 0 aliphatic heterocycles. The summed E-state index contributed by atoms with van der Waals surface area (Å²) in [4.78, 5) is 66.3. The van der Waals surface area contributed by atoms with E-state index in [0.29, 0.717) is 31.4 Å². The molecule has 16 nitrogen and oxygen atoms in total. The Balaban J connectivity index is 3.13. The van der Waals surface area contributed by atoms with Gasteiger partial charge in [0.25, 0.3) is 0 Å². The summed E-state index contributed by atoms with van der Waals surface area (Å²) in [6.07, 6.45) is 1.31. The number of aliphatic imine (C=N–C) groups is 1. The van der Waals surface area contributed by atoms with Crippen LogP contribution in [0.2, 0.25) is 0 Å². The van der Waals surface area contributed by atoms with Gasteiger partial charge in [-0.2, -0.15) is 0 Å². The highest BCUT2D eigenvalue weighted by Crippen LogP contribution is 2.12. The lowest BCUT2D eigenvalue weighted by molar-refractivity contribution is -0.142. The van der Waals surface area contributed by atoms with Crippen molar-refractivity contribution in [3.05, 3.63) is 29.8 Å². The van der Waals surface area contributed by atoms with Gasteiger partial charge in [-0.3, -0.25) is 24.2 Å². The molecular formula is C26H43N9O7. The van der Waals surface area contributed by atoms with Crippen LogP contribution in [0.15, 0.2) is 29.3 Å². The van der Waals surface area contributed by atoms with Gasteiger partial charge in [-0.05, 0) is 56.3 Å². The Labute approximate surface area is 243 Å². The molecule has 0 aromatic heterocycles. The van der Waals surface area contributed by atoms with Gasteiger partial charge in [0.05, 0.1) is 6.04 Å². The number of aliphatic carboxylic acids is 1. The lowest BCUT2D eigenvalue weighted by Crippen LogP contribution is -2.57. The number of nitrogens with zero attached hydrogens (tertiary/aromatic N) is 1. The zero-order chi connectivity index (χ0) is 31.7. The zero-order valence-electron chi connectivity index (χ0n) is 23.5. The van der Waals surface area contributed by atoms with Gasteiger partial charge < -0.3 is 54.8 Å². The number of nitrogens with one attached hydrogen (secondary N) is 3. The fraction of sp³-hybridized carbons (Fsp3) is 0.538. The lowest BCUT2D eigenvalue weighted by Gasteiger charge is -2.25. The number of carboxylic acids is 1. The number of hydrogen-bond acceptors (Lipinski definition) is 9. The van der Waals surface area contributed by atoms with Crippen LogP contribution in [0, 0.1) is 0 Å². The molecule has 42 heavy (non-hydrogen) atoms. The van der Waals surface area contributed by atoms with Crippen molar-refractivity contribution in [3.63, 3.8) is 0 Å². The summed E-state index contributed by atoms with van der Waals surface area (Å²) in [5, 5.41) is 26.7. The molecule has 0 saturated carbocycles. The molecular weight excluding hydrogens is 550 g/mol. The second-order valence-corrected chi connectivity index (χ2v) is 9.74. The van der Waals surface area contributed by atoms with E-state index in [4.69, 9.17) is 28.7 Å². The number of phenols is 1. The molecule has 4 amide bonds. The van der Waals surface area contributed by atoms with Crippen LogP contribution >= 0.6 is 0 Å². The largest absolute Gasteiger partial charge is 0.508 e. The number of benzene rings is 1. The summed E-state index contributed by atoms with van der Waals surface area (Å²) in [6, 6.07) is 1.00. The van der Waals surface area contributed by atoms with E-state index in [1.165, 1.54) is 24.3 Å². The smallest absolute Gasteiger partial charge is 0.326 e. The first-order chi connectivity index (χ1) is 19.8. The number of carboxylic acid groups (broad SMARTS) is 1. The number of primary amides is 1. The minimum atomic E-state index is -1.32. The molecule has 0 aliphatic carbocycles. The summed E-state index contributed by atoms with van der Waals surface area (Å²) in [7, 11) is 0. The Morgan fingerprint density at radius 2 is 1.38 bits per heavy atom. The Morgan fingerprint density at radius 3 is 1.95 bits per heavy atom. The first-order valence-electron chi connectivity index (χ1n) is 13.5. The maximum Gasteiger partial charge on any atom is 0.326 e. The monoisotopic (exact) mass is 593 g/mol. The summed E-state index contributed by atoms with van der Waals surface area (Å²) in [5.41, 5.74) is 27.7. The minimum Gasteiger partial charge on any atom is -0.508 e. The summed E-state index contributed by atoms with van der Waals surface area (Å²) in [5.74, 6) is -4.45. The van der Waals surface area contributed by atoms with E-state index in [2.05, 4.69) is 20.9 Å². The van der Waals surface area contributed by atoms with Gasteiger partial charge in [-0.25, -0.2) is 4.79 Å². The highest BCUT2D eigenvalue weighted by Gasteiger charge is 2.30. The predicted octanol–water partition coefficient (Wildman–Crippen LogP) is -2.75. The molecule has 0 radical (unpaired) electrons. The van der Waals surface area contributed by atoms with Gasteiger partial charge in [0.15, 0.2) is 5.96 Å². The van der Waals surface area contributed by atoms with Crippen molar-refractivity contribution in [1.29, 1.82) is 0 Å². The Bertz CT molecular complexity index is 1080. The molecule has 15 N–H and O–H groups in total. The number of aromatic hydroxyl groups is 1. The van der Waals surface area contributed by atoms with Crippen LogP contribution in [0.25, 0.3) is 0 Å². The molecule has 0 spiro atoms. The van der Waals surface area contributed by atoms with Crippen LogP contribution in [-0.4, -0.2) is 83.0 Å². The normalized spacial score (nSPS) is 13.6. The van der Waals surface area contributed by atoms with Crippen LogP contribution in [0.3, 0.4) is 0 Å². The van der Waals surface area contributed by atoms with Gasteiger partial charge in [0, 0.05) is 19.4 Å². The third kappa shape index (κ3) is 14.3. The number of phenolic OH excluding ortho intramolecular Hbond substituents is 1. The topological polar surface area (TPSA) is 304 Å². The highest BCUT2D eigenvalue weighted by molar-refractivity contribution is 5.94. The standard InChI is InChI=1S/C26H43N9O7/c27-12-2-1-4-17(28)22(38)33-18(10-11-21(29)37)23(39)35-20(14-15-6-8-16(36)9-7-15)24(40)34-19(25(41)42)5-3-13-32-26(30)31/h6-9,17-20,36H,1-5,10-14,27-28H2,(H2,29,37)(H,33,38)(H,34,40)(H,35,39)(H,41,42)(H4,30,31,32). The van der Waals surface area contributed by atoms with Crippen molar-refractivity contribution in [2.45, 2.75) is 75.5 Å². The van der Waals surface area contributed by atoms with Crippen molar-refractivity contribution in [3.8, 4) is 5.75 Å². The number of guanidine groups is 1. The molecule has 1 aromatic carbocycles. The average Bonchev–Trinajstić information content (AvgIpc) is 2.92. The van der Waals surface area contributed by atoms with Crippen molar-refractivity contribution >= 4 is 35.6 Å². The number of nitrogens with two attached hydrogens (primary N) is 5. The van der Waals surface area contributed by atoms with Gasteiger partial charge in [0.2, 0.25) is 23.6 Å². The van der Waals surface area contributed by atoms with Crippen molar-refractivity contribution in [2.24, 2.45) is 33.7 Å². The SMILES string of the molecule is NCCCCC(N)C(=O)NC(CCC(N)=O)C(=O)NC(Cc1ccc(O)cc1)C(=O)NC(CCCN=C(N)N)C(=O)O. The fourth-order valence-corrected chi connectivity index (χ4v) is 3.86. The number of carbonyl (C=O) groups excluding carboxylic acids is 4. The average molecular weight is 594 g/mol. The Hall–Kier alpha value is -4.44. The van der Waals surface area contributed by atoms with E-state index < -0.39 is 53.8 Å².